The summed E-state index contributed by atoms with van der Waals surface area (Å²) in [5.41, 5.74) is 2.82. The van der Waals surface area contributed by atoms with Gasteiger partial charge in [-0.05, 0) is 72.7 Å². The molecule has 2 atom stereocenters. The highest BCUT2D eigenvalue weighted by atomic mass is 32.2. The van der Waals surface area contributed by atoms with E-state index in [-0.39, 0.29) is 23.7 Å². The molecule has 0 aliphatic heterocycles. The van der Waals surface area contributed by atoms with Gasteiger partial charge in [0, 0.05) is 21.3 Å². The molecule has 0 saturated heterocycles. The molecule has 1 saturated carbocycles. The van der Waals surface area contributed by atoms with Crippen LogP contribution in [0.5, 0.6) is 11.5 Å². The molecular formula is C32H37FO5S. The second kappa shape index (κ2) is 13.2. The summed E-state index contributed by atoms with van der Waals surface area (Å²) >= 11 is 0. The number of rotatable bonds is 13. The first-order valence-corrected chi connectivity index (χ1v) is 14.8. The molecule has 7 heteroatoms. The van der Waals surface area contributed by atoms with Gasteiger partial charge in [0.2, 0.25) is 0 Å². The summed E-state index contributed by atoms with van der Waals surface area (Å²) in [6.07, 6.45) is 3.76. The molecule has 1 fully saturated rings. The fourth-order valence-corrected chi connectivity index (χ4v) is 5.85. The number of ether oxygens (including phenoxy) is 3. The Morgan fingerprint density at radius 3 is 2.51 bits per heavy atom. The summed E-state index contributed by atoms with van der Waals surface area (Å²) in [6, 6.07) is 17.9. The topological polar surface area (TPSA) is 61.8 Å². The van der Waals surface area contributed by atoms with Crippen molar-refractivity contribution >= 4 is 16.8 Å². The molecular weight excluding hydrogens is 515 g/mol. The molecule has 0 heterocycles. The van der Waals surface area contributed by atoms with E-state index in [0.29, 0.717) is 46.5 Å². The zero-order valence-corrected chi connectivity index (χ0v) is 23.9. The van der Waals surface area contributed by atoms with Gasteiger partial charge in [-0.1, -0.05) is 51.0 Å². The van der Waals surface area contributed by atoms with Crippen LogP contribution in [-0.2, 0) is 26.9 Å². The lowest BCUT2D eigenvalue weighted by Gasteiger charge is -2.18. The number of halogens is 1. The van der Waals surface area contributed by atoms with E-state index >= 15 is 0 Å². The molecule has 0 amide bonds. The highest BCUT2D eigenvalue weighted by molar-refractivity contribution is 7.85. The quantitative estimate of drug-likeness (QED) is 0.206. The third-order valence-corrected chi connectivity index (χ3v) is 8.55. The molecule has 0 radical (unpaired) electrons. The van der Waals surface area contributed by atoms with E-state index < -0.39 is 16.6 Å². The highest BCUT2D eigenvalue weighted by Crippen LogP contribution is 2.41. The van der Waals surface area contributed by atoms with Crippen molar-refractivity contribution in [1.29, 1.82) is 0 Å². The Morgan fingerprint density at radius 2 is 1.82 bits per heavy atom. The molecule has 3 aromatic carbocycles. The van der Waals surface area contributed by atoms with Gasteiger partial charge in [0.05, 0.1) is 30.9 Å². The fraction of sp³-hybridized carbons (Fsp3) is 0.406. The third kappa shape index (κ3) is 7.69. The molecule has 0 N–H and O–H groups in total. The first kappa shape index (κ1) is 28.8. The molecule has 0 bridgehead atoms. The lowest BCUT2D eigenvalue weighted by Crippen LogP contribution is -2.11. The van der Waals surface area contributed by atoms with E-state index in [0.717, 1.165) is 17.5 Å². The predicted molar refractivity (Wildman–Crippen MR) is 152 cm³/mol. The monoisotopic (exact) mass is 552 g/mol. The smallest absolute Gasteiger partial charge is 0.306 e. The Balaban J connectivity index is 1.56. The molecule has 1 aliphatic carbocycles. The lowest BCUT2D eigenvalue weighted by molar-refractivity contribution is -0.143. The summed E-state index contributed by atoms with van der Waals surface area (Å²) in [5, 5.41) is -0.145. The van der Waals surface area contributed by atoms with E-state index in [4.69, 9.17) is 14.2 Å². The second-order valence-electron chi connectivity index (χ2n) is 10.3. The average Bonchev–Trinajstić information content (AvgIpc) is 3.76. The number of carbonyl (C=O) groups is 1. The van der Waals surface area contributed by atoms with Crippen LogP contribution in [0.3, 0.4) is 0 Å². The van der Waals surface area contributed by atoms with Crippen molar-refractivity contribution in [3.8, 4) is 22.6 Å². The number of methoxy groups -OCH3 is 1. The Labute approximate surface area is 233 Å². The zero-order chi connectivity index (χ0) is 27.9. The lowest BCUT2D eigenvalue weighted by atomic mass is 9.90. The molecule has 1 aliphatic rings. The van der Waals surface area contributed by atoms with Crippen LogP contribution < -0.4 is 9.47 Å². The number of esters is 1. The van der Waals surface area contributed by atoms with Crippen molar-refractivity contribution in [2.24, 2.45) is 5.92 Å². The van der Waals surface area contributed by atoms with Crippen molar-refractivity contribution in [1.82, 2.24) is 0 Å². The number of carbonyl (C=O) groups excluding carboxylic acids is 1. The normalized spacial score (nSPS) is 14.6. The van der Waals surface area contributed by atoms with Crippen molar-refractivity contribution in [3.05, 3.63) is 77.6 Å². The molecule has 5 nitrogen and oxygen atoms in total. The van der Waals surface area contributed by atoms with Crippen LogP contribution >= 0.6 is 0 Å². The molecule has 0 spiro atoms. The maximum atomic E-state index is 14.8. The second-order valence-corrected chi connectivity index (χ2v) is 12.2. The van der Waals surface area contributed by atoms with Gasteiger partial charge < -0.3 is 14.2 Å². The summed E-state index contributed by atoms with van der Waals surface area (Å²) in [5.74, 6) is 1.42. The minimum atomic E-state index is -1.35. The maximum absolute atomic E-state index is 14.8. The van der Waals surface area contributed by atoms with Gasteiger partial charge in [0.25, 0.3) is 0 Å². The summed E-state index contributed by atoms with van der Waals surface area (Å²) in [7, 11) is 0.186. The average molecular weight is 553 g/mol. The number of hydrogen-bond donors (Lipinski definition) is 0. The first-order valence-electron chi connectivity index (χ1n) is 13.5. The summed E-state index contributed by atoms with van der Waals surface area (Å²) in [4.78, 5) is 12.8. The van der Waals surface area contributed by atoms with E-state index in [2.05, 4.69) is 0 Å². The molecule has 3 aromatic rings. The van der Waals surface area contributed by atoms with Crippen LogP contribution in [0.2, 0.25) is 0 Å². The van der Waals surface area contributed by atoms with Crippen LogP contribution in [-0.4, -0.2) is 29.1 Å². The van der Waals surface area contributed by atoms with Crippen molar-refractivity contribution in [2.45, 2.75) is 69.1 Å². The largest absolute Gasteiger partial charge is 0.497 e. The Morgan fingerprint density at radius 1 is 1.03 bits per heavy atom. The van der Waals surface area contributed by atoms with E-state index in [1.165, 1.54) is 26.0 Å². The predicted octanol–water partition coefficient (Wildman–Crippen LogP) is 7.43. The first-order chi connectivity index (χ1) is 18.8. The fourth-order valence-electron chi connectivity index (χ4n) is 4.68. The van der Waals surface area contributed by atoms with Gasteiger partial charge >= 0.3 is 5.97 Å². The third-order valence-electron chi connectivity index (χ3n) is 6.92. The van der Waals surface area contributed by atoms with Crippen LogP contribution in [0.15, 0.2) is 65.6 Å². The Kier molecular flexibility index (Phi) is 9.78. The van der Waals surface area contributed by atoms with Crippen molar-refractivity contribution in [3.63, 3.8) is 0 Å². The van der Waals surface area contributed by atoms with E-state index in [1.807, 2.05) is 57.2 Å². The van der Waals surface area contributed by atoms with Crippen molar-refractivity contribution in [2.75, 3.05) is 13.7 Å². The molecule has 4 rings (SSSR count). The summed E-state index contributed by atoms with van der Waals surface area (Å²) < 4.78 is 44.7. The van der Waals surface area contributed by atoms with Crippen LogP contribution in [0.4, 0.5) is 4.39 Å². The minimum absolute atomic E-state index is 0.0946. The molecule has 0 aromatic heterocycles. The standard InChI is InChI=1S/C32H37FO5S/c1-5-37-32(34)18-25(15-22-9-10-22)24-7-6-8-27(17-24)38-20-23-11-13-28(31(16-23)39(35)21(2)3)29-19-26(36-4)12-14-30(29)33/h6-8,11-14,16-17,19,21-22,25H,5,9-10,15,18,20H2,1-4H3/t25?,39-/m1/s1. The van der Waals surface area contributed by atoms with Gasteiger partial charge in [-0.25, -0.2) is 4.39 Å². The van der Waals surface area contributed by atoms with Gasteiger partial charge in [-0.3, -0.25) is 9.00 Å². The number of hydrogen-bond acceptors (Lipinski definition) is 5. The molecule has 39 heavy (non-hydrogen) atoms. The van der Waals surface area contributed by atoms with Crippen LogP contribution in [0, 0.1) is 11.7 Å². The minimum Gasteiger partial charge on any atom is -0.497 e. The van der Waals surface area contributed by atoms with Gasteiger partial charge in [-0.2, -0.15) is 0 Å². The van der Waals surface area contributed by atoms with Gasteiger partial charge in [0.15, 0.2) is 0 Å². The maximum Gasteiger partial charge on any atom is 0.306 e. The van der Waals surface area contributed by atoms with Gasteiger partial charge in [0.1, 0.15) is 23.9 Å². The Bertz CT molecular complexity index is 1320. The van der Waals surface area contributed by atoms with Crippen LogP contribution in [0.25, 0.3) is 11.1 Å². The molecule has 208 valence electrons. The summed E-state index contributed by atoms with van der Waals surface area (Å²) in [6.45, 7) is 6.22. The van der Waals surface area contributed by atoms with E-state index in [9.17, 15) is 13.4 Å². The molecule has 1 unspecified atom stereocenters. The van der Waals surface area contributed by atoms with Crippen molar-refractivity contribution < 1.29 is 27.6 Å². The zero-order valence-electron chi connectivity index (χ0n) is 23.1. The Hall–Kier alpha value is -3.19. The number of benzene rings is 3. The highest BCUT2D eigenvalue weighted by Gasteiger charge is 2.28. The SMILES string of the molecule is CCOC(=O)CC(CC1CC1)c1cccc(OCc2ccc(-c3cc(OC)ccc3F)c([S@](=O)C(C)C)c2)c1. The van der Waals surface area contributed by atoms with Crippen LogP contribution in [0.1, 0.15) is 63.5 Å². The van der Waals surface area contributed by atoms with Gasteiger partial charge in [-0.15, -0.1) is 0 Å². The van der Waals surface area contributed by atoms with E-state index in [1.54, 1.807) is 18.2 Å².